The highest BCUT2D eigenvalue weighted by Crippen LogP contribution is 2.16. The molecule has 1 aromatic carbocycles. The number of amides is 1. The predicted octanol–water partition coefficient (Wildman–Crippen LogP) is 1.75. The van der Waals surface area contributed by atoms with E-state index in [1.54, 1.807) is 0 Å². The third-order valence-corrected chi connectivity index (χ3v) is 5.52. The molecule has 5 nitrogen and oxygen atoms in total. The van der Waals surface area contributed by atoms with Gasteiger partial charge >= 0.3 is 0 Å². The summed E-state index contributed by atoms with van der Waals surface area (Å²) in [5.74, 6) is 0.327. The monoisotopic (exact) mass is 344 g/mol. The highest BCUT2D eigenvalue weighted by atomic mass is 16.2. The molecule has 0 N–H and O–H groups in total. The average molecular weight is 345 g/mol. The van der Waals surface area contributed by atoms with Crippen molar-refractivity contribution in [1.29, 1.82) is 0 Å². The van der Waals surface area contributed by atoms with Gasteiger partial charge in [0.1, 0.15) is 0 Å². The number of para-hydroxylation sites is 1. The minimum atomic E-state index is 0.327. The molecule has 1 amide bonds. The number of nitrogens with zero attached hydrogens (tertiary/aromatic N) is 4. The van der Waals surface area contributed by atoms with Gasteiger partial charge in [0, 0.05) is 71.0 Å². The number of anilines is 1. The number of benzene rings is 1. The molecule has 0 saturated carbocycles. The van der Waals surface area contributed by atoms with Crippen LogP contribution in [0.15, 0.2) is 30.3 Å². The second-order valence-corrected chi connectivity index (χ2v) is 7.08. The van der Waals surface area contributed by atoms with Crippen molar-refractivity contribution < 1.29 is 4.79 Å². The van der Waals surface area contributed by atoms with E-state index >= 15 is 0 Å². The highest BCUT2D eigenvalue weighted by molar-refractivity contribution is 5.76. The number of hydrogen-bond donors (Lipinski definition) is 0. The molecule has 1 aromatic rings. The summed E-state index contributed by atoms with van der Waals surface area (Å²) in [7, 11) is 0. The lowest BCUT2D eigenvalue weighted by molar-refractivity contribution is -0.131. The fraction of sp³-hybridized carbons (Fsp3) is 0.650. The summed E-state index contributed by atoms with van der Waals surface area (Å²) >= 11 is 0. The van der Waals surface area contributed by atoms with Crippen molar-refractivity contribution in [3.63, 3.8) is 0 Å². The Labute approximate surface area is 152 Å². The zero-order valence-corrected chi connectivity index (χ0v) is 15.6. The van der Waals surface area contributed by atoms with E-state index in [4.69, 9.17) is 0 Å². The van der Waals surface area contributed by atoms with Gasteiger partial charge < -0.3 is 19.6 Å². The molecule has 0 spiro atoms. The van der Waals surface area contributed by atoms with Crippen LogP contribution in [-0.2, 0) is 4.79 Å². The van der Waals surface area contributed by atoms with E-state index in [0.717, 1.165) is 71.9 Å². The van der Waals surface area contributed by atoms with Crippen molar-refractivity contribution in [3.8, 4) is 0 Å². The van der Waals surface area contributed by atoms with Gasteiger partial charge in [0.2, 0.25) is 5.91 Å². The Morgan fingerprint density at radius 3 is 2.32 bits per heavy atom. The fourth-order valence-corrected chi connectivity index (χ4v) is 3.80. The van der Waals surface area contributed by atoms with Gasteiger partial charge in [-0.15, -0.1) is 0 Å². The Kier molecular flexibility index (Phi) is 6.70. The summed E-state index contributed by atoms with van der Waals surface area (Å²) in [5.41, 5.74) is 1.27. The third-order valence-electron chi connectivity index (χ3n) is 5.52. The molecule has 0 bridgehead atoms. The van der Waals surface area contributed by atoms with Gasteiger partial charge in [0.25, 0.3) is 0 Å². The minimum absolute atomic E-state index is 0.327. The molecule has 0 aromatic heterocycles. The number of likely N-dealkylation sites (N-methyl/N-ethyl adjacent to an activating group) is 1. The van der Waals surface area contributed by atoms with Gasteiger partial charge in [-0.1, -0.05) is 25.1 Å². The Bertz CT molecular complexity index is 528. The lowest BCUT2D eigenvalue weighted by atomic mass is 10.2. The molecule has 0 aliphatic carbocycles. The van der Waals surface area contributed by atoms with Crippen molar-refractivity contribution in [2.75, 3.05) is 70.3 Å². The first-order valence-corrected chi connectivity index (χ1v) is 9.78. The van der Waals surface area contributed by atoms with E-state index in [-0.39, 0.29) is 0 Å². The van der Waals surface area contributed by atoms with Gasteiger partial charge in [-0.05, 0) is 25.1 Å². The van der Waals surface area contributed by atoms with Crippen molar-refractivity contribution in [1.82, 2.24) is 14.7 Å². The lowest BCUT2D eigenvalue weighted by Gasteiger charge is -2.34. The van der Waals surface area contributed by atoms with Gasteiger partial charge in [0.15, 0.2) is 0 Å². The van der Waals surface area contributed by atoms with Gasteiger partial charge in [-0.25, -0.2) is 0 Å². The van der Waals surface area contributed by atoms with E-state index in [0.29, 0.717) is 12.3 Å². The number of carbonyl (C=O) groups is 1. The van der Waals surface area contributed by atoms with E-state index in [1.807, 2.05) is 0 Å². The molecule has 2 heterocycles. The van der Waals surface area contributed by atoms with Crippen molar-refractivity contribution in [2.45, 2.75) is 19.8 Å². The van der Waals surface area contributed by atoms with Crippen LogP contribution in [0, 0.1) is 0 Å². The Hall–Kier alpha value is -1.59. The van der Waals surface area contributed by atoms with E-state index in [9.17, 15) is 4.79 Å². The number of hydrogen-bond acceptors (Lipinski definition) is 4. The van der Waals surface area contributed by atoms with E-state index < -0.39 is 0 Å². The standard InChI is InChI=1S/C20H32N4O/c1-2-21-13-15-22(16-14-21)12-9-20(25)24-11-6-10-23(17-18-24)19-7-4-3-5-8-19/h3-5,7-8H,2,6,9-18H2,1H3. The second-order valence-electron chi connectivity index (χ2n) is 7.08. The van der Waals surface area contributed by atoms with Crippen LogP contribution >= 0.6 is 0 Å². The zero-order chi connectivity index (χ0) is 17.5. The topological polar surface area (TPSA) is 30.0 Å². The van der Waals surface area contributed by atoms with Crippen LogP contribution < -0.4 is 4.90 Å². The second kappa shape index (κ2) is 9.20. The van der Waals surface area contributed by atoms with Crippen molar-refractivity contribution in [2.24, 2.45) is 0 Å². The Balaban J connectivity index is 1.42. The van der Waals surface area contributed by atoms with Crippen LogP contribution in [0.2, 0.25) is 0 Å². The average Bonchev–Trinajstić information content (AvgIpc) is 2.93. The van der Waals surface area contributed by atoms with Gasteiger partial charge in [0.05, 0.1) is 0 Å². The summed E-state index contributed by atoms with van der Waals surface area (Å²) < 4.78 is 0. The molecule has 2 aliphatic heterocycles. The number of rotatable bonds is 5. The summed E-state index contributed by atoms with van der Waals surface area (Å²) in [6, 6.07) is 10.5. The molecule has 3 rings (SSSR count). The molecular formula is C20H32N4O. The molecule has 138 valence electrons. The highest BCUT2D eigenvalue weighted by Gasteiger charge is 2.21. The number of piperazine rings is 1. The minimum Gasteiger partial charge on any atom is -0.370 e. The zero-order valence-electron chi connectivity index (χ0n) is 15.6. The van der Waals surface area contributed by atoms with Crippen LogP contribution in [0.5, 0.6) is 0 Å². The van der Waals surface area contributed by atoms with E-state index in [1.165, 1.54) is 5.69 Å². The van der Waals surface area contributed by atoms with Crippen LogP contribution in [-0.4, -0.2) is 86.1 Å². The molecule has 2 saturated heterocycles. The fourth-order valence-electron chi connectivity index (χ4n) is 3.80. The third kappa shape index (κ3) is 5.19. The maximum atomic E-state index is 12.6. The van der Waals surface area contributed by atoms with E-state index in [2.05, 4.69) is 56.9 Å². The predicted molar refractivity (Wildman–Crippen MR) is 103 cm³/mol. The first kappa shape index (κ1) is 18.2. The first-order chi connectivity index (χ1) is 12.3. The van der Waals surface area contributed by atoms with Crippen molar-refractivity contribution >= 4 is 11.6 Å². The molecule has 25 heavy (non-hydrogen) atoms. The number of carbonyl (C=O) groups excluding carboxylic acids is 1. The summed E-state index contributed by atoms with van der Waals surface area (Å²) in [4.78, 5) is 22.0. The lowest BCUT2D eigenvalue weighted by Crippen LogP contribution is -2.47. The van der Waals surface area contributed by atoms with Crippen LogP contribution in [0.4, 0.5) is 5.69 Å². The summed E-state index contributed by atoms with van der Waals surface area (Å²) in [6.07, 6.45) is 1.72. The summed E-state index contributed by atoms with van der Waals surface area (Å²) in [5, 5.41) is 0. The van der Waals surface area contributed by atoms with Crippen LogP contribution in [0.25, 0.3) is 0 Å². The largest absolute Gasteiger partial charge is 0.370 e. The molecule has 5 heteroatoms. The van der Waals surface area contributed by atoms with Crippen LogP contribution in [0.3, 0.4) is 0 Å². The molecular weight excluding hydrogens is 312 g/mol. The maximum absolute atomic E-state index is 12.6. The SMILES string of the molecule is CCN1CCN(CCC(=O)N2CCCN(c3ccccc3)CC2)CC1. The van der Waals surface area contributed by atoms with Gasteiger partial charge in [-0.2, -0.15) is 0 Å². The summed E-state index contributed by atoms with van der Waals surface area (Å²) in [6.45, 7) is 12.5. The van der Waals surface area contributed by atoms with Gasteiger partial charge in [-0.3, -0.25) is 4.79 Å². The normalized spacial score (nSPS) is 20.5. The Morgan fingerprint density at radius 1 is 0.880 bits per heavy atom. The molecule has 0 atom stereocenters. The quantitative estimate of drug-likeness (QED) is 0.814. The molecule has 2 fully saturated rings. The maximum Gasteiger partial charge on any atom is 0.223 e. The Morgan fingerprint density at radius 2 is 1.60 bits per heavy atom. The molecule has 0 radical (unpaired) electrons. The smallest absolute Gasteiger partial charge is 0.223 e. The van der Waals surface area contributed by atoms with Crippen LogP contribution in [0.1, 0.15) is 19.8 Å². The molecule has 0 unspecified atom stereocenters. The van der Waals surface area contributed by atoms with Crippen molar-refractivity contribution in [3.05, 3.63) is 30.3 Å². The molecule has 2 aliphatic rings. The first-order valence-electron chi connectivity index (χ1n) is 9.78.